The normalized spacial score (nSPS) is 10.8. The zero-order chi connectivity index (χ0) is 18.3. The lowest BCUT2D eigenvalue weighted by molar-refractivity contribution is 0.0593. The first-order valence-corrected chi connectivity index (χ1v) is 7.91. The summed E-state index contributed by atoms with van der Waals surface area (Å²) in [4.78, 5) is 16.8. The highest BCUT2D eigenvalue weighted by atomic mass is 16.5. The number of rotatable bonds is 2. The number of ether oxygens (including phenoxy) is 1. The van der Waals surface area contributed by atoms with Gasteiger partial charge in [-0.15, -0.1) is 0 Å². The molecule has 4 aromatic rings. The van der Waals surface area contributed by atoms with E-state index in [1.54, 1.807) is 4.57 Å². The fraction of sp³-hybridized carbons (Fsp3) is 0.0500. The van der Waals surface area contributed by atoms with Gasteiger partial charge >= 0.3 is 5.97 Å². The Balaban J connectivity index is 1.96. The number of methoxy groups -OCH3 is 1. The molecule has 0 aliphatic rings. The average Bonchev–Trinajstić information content (AvgIpc) is 3.01. The van der Waals surface area contributed by atoms with Crippen molar-refractivity contribution in [1.82, 2.24) is 9.55 Å². The summed E-state index contributed by atoms with van der Waals surface area (Å²) in [5.74, 6) is -0.597. The monoisotopic (exact) mass is 342 g/mol. The highest BCUT2D eigenvalue weighted by Gasteiger charge is 2.21. The van der Waals surface area contributed by atoms with E-state index in [9.17, 15) is 10.1 Å². The van der Waals surface area contributed by atoms with Crippen molar-refractivity contribution in [3.05, 3.63) is 66.0 Å². The summed E-state index contributed by atoms with van der Waals surface area (Å²) < 4.78 is 6.40. The second-order valence-electron chi connectivity index (χ2n) is 5.84. The van der Waals surface area contributed by atoms with Crippen molar-refractivity contribution in [2.45, 2.75) is 0 Å². The lowest BCUT2D eigenvalue weighted by Gasteiger charge is -2.10. The maximum absolute atomic E-state index is 12.2. The number of nitrogens with zero attached hydrogens (tertiary/aromatic N) is 3. The fourth-order valence-electron chi connectivity index (χ4n) is 3.04. The van der Waals surface area contributed by atoms with Crippen LogP contribution >= 0.6 is 0 Å². The number of benzene rings is 2. The number of nitrogens with two attached hydrogens (primary N) is 1. The van der Waals surface area contributed by atoms with Gasteiger partial charge in [0, 0.05) is 22.7 Å². The van der Waals surface area contributed by atoms with Crippen LogP contribution in [0.15, 0.2) is 54.7 Å². The van der Waals surface area contributed by atoms with Crippen molar-refractivity contribution in [3.63, 3.8) is 0 Å². The van der Waals surface area contributed by atoms with Crippen LogP contribution in [0.3, 0.4) is 0 Å². The summed E-state index contributed by atoms with van der Waals surface area (Å²) in [6.07, 6.45) is 1.54. The lowest BCUT2D eigenvalue weighted by Crippen LogP contribution is -2.11. The first-order valence-electron chi connectivity index (χ1n) is 7.91. The van der Waals surface area contributed by atoms with E-state index in [4.69, 9.17) is 10.5 Å². The van der Waals surface area contributed by atoms with Crippen molar-refractivity contribution in [1.29, 1.82) is 5.26 Å². The van der Waals surface area contributed by atoms with Crippen molar-refractivity contribution in [2.75, 3.05) is 12.8 Å². The minimum Gasteiger partial charge on any atom is -0.464 e. The fourth-order valence-corrected chi connectivity index (χ4v) is 3.04. The SMILES string of the molecule is COC(=O)c1c(N)c(C#N)cn1-c1ccc2nc3ccccc3cc2c1. The van der Waals surface area contributed by atoms with E-state index < -0.39 is 5.97 Å². The molecule has 6 nitrogen and oxygen atoms in total. The molecule has 0 fully saturated rings. The smallest absolute Gasteiger partial charge is 0.357 e. The van der Waals surface area contributed by atoms with Gasteiger partial charge < -0.3 is 15.0 Å². The number of para-hydroxylation sites is 1. The first kappa shape index (κ1) is 15.7. The van der Waals surface area contributed by atoms with Crippen LogP contribution in [0.2, 0.25) is 0 Å². The summed E-state index contributed by atoms with van der Waals surface area (Å²) in [6, 6.07) is 17.5. The third-order valence-corrected chi connectivity index (χ3v) is 4.32. The molecule has 2 aromatic carbocycles. The Kier molecular flexibility index (Phi) is 3.55. The van der Waals surface area contributed by atoms with Gasteiger partial charge in [0.2, 0.25) is 0 Å². The van der Waals surface area contributed by atoms with E-state index in [-0.39, 0.29) is 16.9 Å². The molecule has 4 rings (SSSR count). The highest BCUT2D eigenvalue weighted by molar-refractivity contribution is 5.97. The molecule has 2 N–H and O–H groups in total. The molecule has 26 heavy (non-hydrogen) atoms. The molecule has 2 heterocycles. The van der Waals surface area contributed by atoms with Gasteiger partial charge in [-0.1, -0.05) is 18.2 Å². The number of nitrogen functional groups attached to an aromatic ring is 1. The topological polar surface area (TPSA) is 93.9 Å². The highest BCUT2D eigenvalue weighted by Crippen LogP contribution is 2.27. The van der Waals surface area contributed by atoms with Crippen LogP contribution in [0, 0.1) is 11.3 Å². The van der Waals surface area contributed by atoms with E-state index in [0.717, 1.165) is 21.8 Å². The minimum atomic E-state index is -0.597. The second kappa shape index (κ2) is 5.90. The Bertz CT molecular complexity index is 1220. The maximum atomic E-state index is 12.2. The molecule has 0 unspecified atom stereocenters. The Morgan fingerprint density at radius 3 is 2.69 bits per heavy atom. The molecule has 0 radical (unpaired) electrons. The van der Waals surface area contributed by atoms with Gasteiger partial charge in [0.15, 0.2) is 5.69 Å². The standard InChI is InChI=1S/C20H14N4O2/c1-26-20(25)19-18(22)14(10-21)11-24(19)15-6-7-17-13(9-15)8-12-4-2-3-5-16(12)23-17/h2-9,11H,22H2,1H3. The minimum absolute atomic E-state index is 0.107. The van der Waals surface area contributed by atoms with Gasteiger partial charge in [0.1, 0.15) is 6.07 Å². The quantitative estimate of drug-likeness (QED) is 0.445. The Labute approximate surface area is 149 Å². The molecule has 0 amide bonds. The van der Waals surface area contributed by atoms with E-state index in [0.29, 0.717) is 5.69 Å². The zero-order valence-corrected chi connectivity index (χ0v) is 13.9. The molecule has 0 aliphatic carbocycles. The van der Waals surface area contributed by atoms with E-state index in [1.807, 2.05) is 54.6 Å². The summed E-state index contributed by atoms with van der Waals surface area (Å²) in [6.45, 7) is 0. The van der Waals surface area contributed by atoms with Crippen molar-refractivity contribution >= 4 is 33.5 Å². The number of carbonyl (C=O) groups is 1. The van der Waals surface area contributed by atoms with Gasteiger partial charge in [-0.05, 0) is 30.3 Å². The molecule has 0 saturated carbocycles. The third-order valence-electron chi connectivity index (χ3n) is 4.32. The number of aromatic nitrogens is 2. The van der Waals surface area contributed by atoms with Crippen molar-refractivity contribution in [2.24, 2.45) is 0 Å². The maximum Gasteiger partial charge on any atom is 0.357 e. The first-order chi connectivity index (χ1) is 12.6. The molecule has 0 bridgehead atoms. The number of pyridine rings is 1. The number of anilines is 1. The number of hydrogen-bond donors (Lipinski definition) is 1. The van der Waals surface area contributed by atoms with Crippen LogP contribution in [0.5, 0.6) is 0 Å². The number of esters is 1. The van der Waals surface area contributed by atoms with E-state index in [2.05, 4.69) is 4.98 Å². The number of nitriles is 1. The van der Waals surface area contributed by atoms with Gasteiger partial charge in [-0.2, -0.15) is 5.26 Å². The summed E-state index contributed by atoms with van der Waals surface area (Å²) in [5.41, 5.74) is 8.88. The average molecular weight is 342 g/mol. The predicted molar refractivity (Wildman–Crippen MR) is 99.0 cm³/mol. The molecule has 0 spiro atoms. The van der Waals surface area contributed by atoms with E-state index >= 15 is 0 Å². The molecular formula is C20H14N4O2. The molecule has 0 aliphatic heterocycles. The van der Waals surface area contributed by atoms with Crippen LogP contribution in [0.1, 0.15) is 16.1 Å². The van der Waals surface area contributed by atoms with Crippen LogP contribution in [-0.4, -0.2) is 22.6 Å². The Morgan fingerprint density at radius 2 is 1.92 bits per heavy atom. The van der Waals surface area contributed by atoms with Crippen molar-refractivity contribution < 1.29 is 9.53 Å². The van der Waals surface area contributed by atoms with E-state index in [1.165, 1.54) is 13.3 Å². The van der Waals surface area contributed by atoms with Crippen LogP contribution in [-0.2, 0) is 4.74 Å². The largest absolute Gasteiger partial charge is 0.464 e. The van der Waals surface area contributed by atoms with Crippen molar-refractivity contribution in [3.8, 4) is 11.8 Å². The van der Waals surface area contributed by atoms with Gasteiger partial charge in [-0.25, -0.2) is 9.78 Å². The molecule has 0 atom stereocenters. The Morgan fingerprint density at radius 1 is 1.15 bits per heavy atom. The number of fused-ring (bicyclic) bond motifs is 2. The summed E-state index contributed by atoms with van der Waals surface area (Å²) in [5, 5.41) is 11.2. The molecule has 6 heteroatoms. The molecule has 126 valence electrons. The number of carbonyl (C=O) groups excluding carboxylic acids is 1. The van der Waals surface area contributed by atoms with Crippen LogP contribution in [0.25, 0.3) is 27.5 Å². The van der Waals surface area contributed by atoms with Gasteiger partial charge in [-0.3, -0.25) is 0 Å². The van der Waals surface area contributed by atoms with Gasteiger partial charge in [0.25, 0.3) is 0 Å². The van der Waals surface area contributed by atoms with Crippen LogP contribution in [0.4, 0.5) is 5.69 Å². The summed E-state index contributed by atoms with van der Waals surface area (Å²) in [7, 11) is 1.28. The third kappa shape index (κ3) is 2.34. The van der Waals surface area contributed by atoms with Gasteiger partial charge in [0.05, 0.1) is 29.4 Å². The number of hydrogen-bond acceptors (Lipinski definition) is 5. The summed E-state index contributed by atoms with van der Waals surface area (Å²) >= 11 is 0. The zero-order valence-electron chi connectivity index (χ0n) is 13.9. The second-order valence-corrected chi connectivity index (χ2v) is 5.84. The molecule has 0 saturated heterocycles. The molecular weight excluding hydrogens is 328 g/mol. The Hall–Kier alpha value is -3.85. The predicted octanol–water partition coefficient (Wildman–Crippen LogP) is 3.42. The van der Waals surface area contributed by atoms with Crippen LogP contribution < -0.4 is 5.73 Å². The lowest BCUT2D eigenvalue weighted by atomic mass is 10.1. The molecule has 2 aromatic heterocycles.